The first-order chi connectivity index (χ1) is 7.90. The lowest BCUT2D eigenvalue weighted by Gasteiger charge is -2.30. The van der Waals surface area contributed by atoms with Gasteiger partial charge < -0.3 is 16.0 Å². The predicted molar refractivity (Wildman–Crippen MR) is 66.2 cm³/mol. The summed E-state index contributed by atoms with van der Waals surface area (Å²) in [6.07, 6.45) is 1.59. The van der Waals surface area contributed by atoms with Crippen LogP contribution in [0.1, 0.15) is 33.1 Å². The lowest BCUT2D eigenvalue weighted by atomic mass is 10.0. The molecule has 0 radical (unpaired) electrons. The minimum atomic E-state index is -0.0991. The largest absolute Gasteiger partial charge is 0.352 e. The van der Waals surface area contributed by atoms with E-state index in [0.717, 1.165) is 6.42 Å². The molecular weight excluding hydrogens is 218 g/mol. The molecule has 17 heavy (non-hydrogen) atoms. The molecule has 1 saturated heterocycles. The van der Waals surface area contributed by atoms with Gasteiger partial charge in [-0.25, -0.2) is 0 Å². The normalized spacial score (nSPS) is 22.8. The van der Waals surface area contributed by atoms with Crippen LogP contribution >= 0.6 is 0 Å². The Labute approximate surface area is 103 Å². The summed E-state index contributed by atoms with van der Waals surface area (Å²) >= 11 is 0. The number of carbonyl (C=O) groups excluding carboxylic acids is 2. The second-order valence-electron chi connectivity index (χ2n) is 5.19. The first-order valence-electron chi connectivity index (χ1n) is 6.19. The van der Waals surface area contributed by atoms with Crippen LogP contribution in [0.25, 0.3) is 0 Å². The van der Waals surface area contributed by atoms with Gasteiger partial charge >= 0.3 is 0 Å². The number of hydrogen-bond donors (Lipinski definition) is 2. The Morgan fingerprint density at radius 2 is 2.24 bits per heavy atom. The fourth-order valence-corrected chi connectivity index (χ4v) is 1.87. The van der Waals surface area contributed by atoms with Crippen LogP contribution in [0.3, 0.4) is 0 Å². The van der Waals surface area contributed by atoms with E-state index in [1.54, 1.807) is 11.9 Å². The minimum absolute atomic E-state index is 0.0149. The van der Waals surface area contributed by atoms with Gasteiger partial charge in [-0.3, -0.25) is 9.59 Å². The summed E-state index contributed by atoms with van der Waals surface area (Å²) in [5.74, 6) is 0.435. The van der Waals surface area contributed by atoms with E-state index in [1.807, 2.05) is 13.8 Å². The van der Waals surface area contributed by atoms with Gasteiger partial charge in [0.15, 0.2) is 0 Å². The fraction of sp³-hybridized carbons (Fsp3) is 0.833. The lowest BCUT2D eigenvalue weighted by Crippen LogP contribution is -2.49. The molecule has 1 aliphatic rings. The van der Waals surface area contributed by atoms with E-state index < -0.39 is 0 Å². The predicted octanol–water partition coefficient (Wildman–Crippen LogP) is 0.0968. The summed E-state index contributed by atoms with van der Waals surface area (Å²) in [4.78, 5) is 24.7. The molecule has 2 atom stereocenters. The van der Waals surface area contributed by atoms with Crippen molar-refractivity contribution in [3.05, 3.63) is 0 Å². The molecule has 1 aliphatic heterocycles. The van der Waals surface area contributed by atoms with Gasteiger partial charge in [0.25, 0.3) is 0 Å². The SMILES string of the molecule is CC(C)C(N)CC(=O)NC1CCC(=O)N(C)C1. The van der Waals surface area contributed by atoms with Crippen molar-refractivity contribution < 1.29 is 9.59 Å². The van der Waals surface area contributed by atoms with E-state index in [0.29, 0.717) is 25.3 Å². The average Bonchev–Trinajstić information content (AvgIpc) is 2.23. The number of amides is 2. The molecule has 0 aromatic carbocycles. The summed E-state index contributed by atoms with van der Waals surface area (Å²) in [5, 5.41) is 2.94. The number of likely N-dealkylation sites (tertiary alicyclic amines) is 1. The molecule has 3 N–H and O–H groups in total. The van der Waals surface area contributed by atoms with Crippen molar-refractivity contribution in [3.63, 3.8) is 0 Å². The summed E-state index contributed by atoms with van der Waals surface area (Å²) in [5.41, 5.74) is 5.85. The Morgan fingerprint density at radius 1 is 1.59 bits per heavy atom. The van der Waals surface area contributed by atoms with Crippen molar-refractivity contribution >= 4 is 11.8 Å². The number of carbonyl (C=O) groups is 2. The van der Waals surface area contributed by atoms with Gasteiger partial charge in [-0.2, -0.15) is 0 Å². The Morgan fingerprint density at radius 3 is 2.76 bits per heavy atom. The quantitative estimate of drug-likeness (QED) is 0.733. The highest BCUT2D eigenvalue weighted by Crippen LogP contribution is 2.10. The molecule has 1 fully saturated rings. The number of nitrogens with two attached hydrogens (primary N) is 1. The molecule has 2 amide bonds. The third-order valence-electron chi connectivity index (χ3n) is 3.27. The number of nitrogens with zero attached hydrogens (tertiary/aromatic N) is 1. The molecule has 5 heteroatoms. The Bertz CT molecular complexity index is 291. The zero-order chi connectivity index (χ0) is 13.0. The molecule has 1 heterocycles. The van der Waals surface area contributed by atoms with Crippen molar-refractivity contribution in [2.24, 2.45) is 11.7 Å². The van der Waals surface area contributed by atoms with E-state index in [4.69, 9.17) is 5.73 Å². The summed E-state index contributed by atoms with van der Waals surface area (Å²) in [6, 6.07) is -0.0254. The van der Waals surface area contributed by atoms with Crippen LogP contribution in [0, 0.1) is 5.92 Å². The van der Waals surface area contributed by atoms with Crippen LogP contribution in [0.5, 0.6) is 0 Å². The molecule has 0 spiro atoms. The molecule has 0 aliphatic carbocycles. The van der Waals surface area contributed by atoms with Crippen LogP contribution < -0.4 is 11.1 Å². The Kier molecular flexibility index (Phi) is 4.93. The molecule has 2 unspecified atom stereocenters. The maximum atomic E-state index is 11.7. The maximum absolute atomic E-state index is 11.7. The van der Waals surface area contributed by atoms with E-state index in [-0.39, 0.29) is 23.9 Å². The fourth-order valence-electron chi connectivity index (χ4n) is 1.87. The van der Waals surface area contributed by atoms with Crippen LogP contribution in [0.15, 0.2) is 0 Å². The third kappa shape index (κ3) is 4.34. The number of likely N-dealkylation sites (N-methyl/N-ethyl adjacent to an activating group) is 1. The summed E-state index contributed by atoms with van der Waals surface area (Å²) in [7, 11) is 1.76. The molecule has 5 nitrogen and oxygen atoms in total. The third-order valence-corrected chi connectivity index (χ3v) is 3.27. The van der Waals surface area contributed by atoms with Gasteiger partial charge in [0.05, 0.1) is 0 Å². The topological polar surface area (TPSA) is 75.4 Å². The van der Waals surface area contributed by atoms with Gasteiger partial charge in [-0.05, 0) is 12.3 Å². The maximum Gasteiger partial charge on any atom is 0.222 e. The van der Waals surface area contributed by atoms with Crippen LogP contribution in [0.4, 0.5) is 0 Å². The monoisotopic (exact) mass is 241 g/mol. The second kappa shape index (κ2) is 6.00. The van der Waals surface area contributed by atoms with Gasteiger partial charge in [0.2, 0.25) is 11.8 Å². The van der Waals surface area contributed by atoms with Gasteiger partial charge in [0, 0.05) is 38.5 Å². The first-order valence-corrected chi connectivity index (χ1v) is 6.19. The Hall–Kier alpha value is -1.10. The smallest absolute Gasteiger partial charge is 0.222 e. The molecule has 0 aromatic rings. The molecule has 0 aromatic heterocycles. The summed E-state index contributed by atoms with van der Waals surface area (Å²) < 4.78 is 0. The molecule has 1 rings (SSSR count). The lowest BCUT2D eigenvalue weighted by molar-refractivity contribution is -0.134. The standard InChI is InChI=1S/C12H23N3O2/c1-8(2)10(13)6-11(16)14-9-4-5-12(17)15(3)7-9/h8-10H,4-7,13H2,1-3H3,(H,14,16). The van der Waals surface area contributed by atoms with Crippen molar-refractivity contribution in [2.45, 2.75) is 45.2 Å². The van der Waals surface area contributed by atoms with Crippen LogP contribution in [-0.2, 0) is 9.59 Å². The van der Waals surface area contributed by atoms with Gasteiger partial charge in [-0.15, -0.1) is 0 Å². The van der Waals surface area contributed by atoms with Crippen LogP contribution in [0.2, 0.25) is 0 Å². The zero-order valence-electron chi connectivity index (χ0n) is 10.9. The molecule has 0 saturated carbocycles. The molecule has 0 bridgehead atoms. The molecular formula is C12H23N3O2. The van der Waals surface area contributed by atoms with E-state index >= 15 is 0 Å². The van der Waals surface area contributed by atoms with E-state index in [2.05, 4.69) is 5.32 Å². The van der Waals surface area contributed by atoms with Crippen molar-refractivity contribution in [3.8, 4) is 0 Å². The average molecular weight is 241 g/mol. The van der Waals surface area contributed by atoms with E-state index in [1.165, 1.54) is 0 Å². The van der Waals surface area contributed by atoms with Gasteiger partial charge in [-0.1, -0.05) is 13.8 Å². The number of rotatable bonds is 4. The highest BCUT2D eigenvalue weighted by molar-refractivity contribution is 5.79. The number of piperidine rings is 1. The molecule has 98 valence electrons. The highest BCUT2D eigenvalue weighted by Gasteiger charge is 2.24. The van der Waals surface area contributed by atoms with Crippen molar-refractivity contribution in [1.29, 1.82) is 0 Å². The van der Waals surface area contributed by atoms with Crippen molar-refractivity contribution in [2.75, 3.05) is 13.6 Å². The Balaban J connectivity index is 2.34. The number of nitrogens with one attached hydrogen (secondary N) is 1. The second-order valence-corrected chi connectivity index (χ2v) is 5.19. The number of hydrogen-bond acceptors (Lipinski definition) is 3. The minimum Gasteiger partial charge on any atom is -0.352 e. The van der Waals surface area contributed by atoms with E-state index in [9.17, 15) is 9.59 Å². The highest BCUT2D eigenvalue weighted by atomic mass is 16.2. The van der Waals surface area contributed by atoms with Crippen LogP contribution in [-0.4, -0.2) is 42.4 Å². The summed E-state index contributed by atoms with van der Waals surface area (Å²) in [6.45, 7) is 4.61. The zero-order valence-corrected chi connectivity index (χ0v) is 10.9. The van der Waals surface area contributed by atoms with Crippen molar-refractivity contribution in [1.82, 2.24) is 10.2 Å². The first kappa shape index (κ1) is 14.0. The van der Waals surface area contributed by atoms with Gasteiger partial charge in [0.1, 0.15) is 0 Å².